The fourth-order valence-corrected chi connectivity index (χ4v) is 3.13. The van der Waals surface area contributed by atoms with Crippen molar-refractivity contribution in [1.82, 2.24) is 5.43 Å². The molecule has 0 radical (unpaired) electrons. The van der Waals surface area contributed by atoms with Gasteiger partial charge >= 0.3 is 0 Å². The normalized spacial score (nSPS) is 12.3. The molecule has 0 saturated carbocycles. The number of thiophene rings is 1. The van der Waals surface area contributed by atoms with Crippen LogP contribution in [-0.2, 0) is 6.42 Å². The van der Waals surface area contributed by atoms with Crippen molar-refractivity contribution in [2.75, 3.05) is 6.61 Å². The molecule has 1 atom stereocenters. The third-order valence-electron chi connectivity index (χ3n) is 3.45. The molecule has 3 nitrogen and oxygen atoms in total. The highest BCUT2D eigenvalue weighted by molar-refractivity contribution is 7.09. The summed E-state index contributed by atoms with van der Waals surface area (Å²) < 4.78 is 5.83. The molecule has 4 heteroatoms. The van der Waals surface area contributed by atoms with Crippen LogP contribution >= 0.6 is 11.3 Å². The Labute approximate surface area is 131 Å². The number of benzene rings is 1. The van der Waals surface area contributed by atoms with E-state index < -0.39 is 0 Å². The van der Waals surface area contributed by atoms with Crippen LogP contribution in [0.1, 0.15) is 42.7 Å². The SMILES string of the molecule is CCCOc1ccccc1C(CCCc1cccs1)NN. The zero-order valence-electron chi connectivity index (χ0n) is 12.5. The van der Waals surface area contributed by atoms with Crippen molar-refractivity contribution in [3.05, 3.63) is 52.2 Å². The monoisotopic (exact) mass is 304 g/mol. The van der Waals surface area contributed by atoms with Gasteiger partial charge in [-0.25, -0.2) is 0 Å². The van der Waals surface area contributed by atoms with Crippen molar-refractivity contribution >= 4 is 11.3 Å². The van der Waals surface area contributed by atoms with Crippen molar-refractivity contribution in [2.24, 2.45) is 5.84 Å². The van der Waals surface area contributed by atoms with Crippen molar-refractivity contribution < 1.29 is 4.74 Å². The molecule has 3 N–H and O–H groups in total. The van der Waals surface area contributed by atoms with Gasteiger partial charge < -0.3 is 4.74 Å². The molecule has 0 bridgehead atoms. The minimum absolute atomic E-state index is 0.137. The standard InChI is InChI=1S/C17H24N2OS/c1-2-12-20-17-11-4-3-9-15(17)16(19-18)10-5-7-14-8-6-13-21-14/h3-4,6,8-9,11,13,16,19H,2,5,7,10,12,18H2,1H3. The molecule has 0 aliphatic carbocycles. The zero-order valence-corrected chi connectivity index (χ0v) is 13.4. The van der Waals surface area contributed by atoms with Crippen LogP contribution in [0.2, 0.25) is 0 Å². The number of rotatable bonds is 9. The van der Waals surface area contributed by atoms with E-state index in [9.17, 15) is 0 Å². The van der Waals surface area contributed by atoms with Gasteiger partial charge in [0.05, 0.1) is 6.61 Å². The van der Waals surface area contributed by atoms with Crippen LogP contribution in [0.25, 0.3) is 0 Å². The van der Waals surface area contributed by atoms with Crippen LogP contribution in [0.3, 0.4) is 0 Å². The van der Waals surface area contributed by atoms with E-state index in [4.69, 9.17) is 10.6 Å². The van der Waals surface area contributed by atoms with E-state index in [-0.39, 0.29) is 6.04 Å². The predicted molar refractivity (Wildman–Crippen MR) is 89.5 cm³/mol. The molecule has 0 aliphatic heterocycles. The smallest absolute Gasteiger partial charge is 0.124 e. The summed E-state index contributed by atoms with van der Waals surface area (Å²) in [7, 11) is 0. The van der Waals surface area contributed by atoms with E-state index in [2.05, 4.69) is 35.9 Å². The molecule has 1 unspecified atom stereocenters. The maximum atomic E-state index is 5.83. The second-order valence-electron chi connectivity index (χ2n) is 5.08. The zero-order chi connectivity index (χ0) is 14.9. The number of hydrazine groups is 1. The van der Waals surface area contributed by atoms with Gasteiger partial charge in [-0.05, 0) is 43.2 Å². The Kier molecular flexibility index (Phi) is 6.73. The van der Waals surface area contributed by atoms with Gasteiger partial charge in [0.25, 0.3) is 0 Å². The molecule has 114 valence electrons. The lowest BCUT2D eigenvalue weighted by molar-refractivity contribution is 0.308. The maximum Gasteiger partial charge on any atom is 0.124 e. The van der Waals surface area contributed by atoms with Crippen LogP contribution in [0.15, 0.2) is 41.8 Å². The summed E-state index contributed by atoms with van der Waals surface area (Å²) in [5.41, 5.74) is 4.09. The summed E-state index contributed by atoms with van der Waals surface area (Å²) >= 11 is 1.82. The highest BCUT2D eigenvalue weighted by atomic mass is 32.1. The minimum Gasteiger partial charge on any atom is -0.493 e. The number of hydrogen-bond acceptors (Lipinski definition) is 4. The average Bonchev–Trinajstić information content (AvgIpc) is 3.03. The van der Waals surface area contributed by atoms with Gasteiger partial charge in [0, 0.05) is 16.5 Å². The number of nitrogens with two attached hydrogens (primary N) is 1. The molecule has 0 fully saturated rings. The summed E-state index contributed by atoms with van der Waals surface area (Å²) in [4.78, 5) is 1.43. The Morgan fingerprint density at radius 1 is 1.24 bits per heavy atom. The molecule has 1 heterocycles. The molecule has 0 saturated heterocycles. The minimum atomic E-state index is 0.137. The van der Waals surface area contributed by atoms with Crippen molar-refractivity contribution in [3.8, 4) is 5.75 Å². The first-order valence-corrected chi connectivity index (χ1v) is 8.43. The second-order valence-corrected chi connectivity index (χ2v) is 6.11. The molecule has 0 spiro atoms. The fraction of sp³-hybridized carbons (Fsp3) is 0.412. The van der Waals surface area contributed by atoms with E-state index in [1.807, 2.05) is 29.5 Å². The first-order chi connectivity index (χ1) is 10.3. The van der Waals surface area contributed by atoms with Gasteiger partial charge in [-0.1, -0.05) is 31.2 Å². The summed E-state index contributed by atoms with van der Waals surface area (Å²) in [6, 6.07) is 12.6. The molecule has 21 heavy (non-hydrogen) atoms. The fourth-order valence-electron chi connectivity index (χ4n) is 2.38. The molecule has 0 aliphatic rings. The van der Waals surface area contributed by atoms with Crippen molar-refractivity contribution in [1.29, 1.82) is 0 Å². The Bertz CT molecular complexity index is 513. The van der Waals surface area contributed by atoms with E-state index in [0.29, 0.717) is 0 Å². The Morgan fingerprint density at radius 3 is 2.81 bits per heavy atom. The molecule has 1 aromatic heterocycles. The Balaban J connectivity index is 1.96. The maximum absolute atomic E-state index is 5.83. The lowest BCUT2D eigenvalue weighted by Gasteiger charge is -2.19. The first-order valence-electron chi connectivity index (χ1n) is 7.55. The highest BCUT2D eigenvalue weighted by Crippen LogP contribution is 2.28. The largest absolute Gasteiger partial charge is 0.493 e. The molecular weight excluding hydrogens is 280 g/mol. The lowest BCUT2D eigenvalue weighted by Crippen LogP contribution is -2.28. The van der Waals surface area contributed by atoms with Crippen LogP contribution in [-0.4, -0.2) is 6.61 Å². The topological polar surface area (TPSA) is 47.3 Å². The van der Waals surface area contributed by atoms with E-state index >= 15 is 0 Å². The molecule has 2 rings (SSSR count). The molecule has 2 aromatic rings. The summed E-state index contributed by atoms with van der Waals surface area (Å²) in [5.74, 6) is 6.70. The van der Waals surface area contributed by atoms with Gasteiger partial charge in [-0.2, -0.15) is 0 Å². The van der Waals surface area contributed by atoms with Gasteiger partial charge in [0.1, 0.15) is 5.75 Å². The average molecular weight is 304 g/mol. The van der Waals surface area contributed by atoms with E-state index in [1.165, 1.54) is 4.88 Å². The predicted octanol–water partition coefficient (Wildman–Crippen LogP) is 4.06. The van der Waals surface area contributed by atoms with Crippen LogP contribution in [0.5, 0.6) is 5.75 Å². The van der Waals surface area contributed by atoms with Gasteiger partial charge in [0.15, 0.2) is 0 Å². The second kappa shape index (κ2) is 8.82. The summed E-state index contributed by atoms with van der Waals surface area (Å²) in [6.45, 7) is 2.85. The van der Waals surface area contributed by atoms with E-state index in [0.717, 1.165) is 43.6 Å². The van der Waals surface area contributed by atoms with Gasteiger partial charge in [0.2, 0.25) is 0 Å². The third kappa shape index (κ3) is 4.84. The number of ether oxygens (including phenoxy) is 1. The first kappa shape index (κ1) is 16.0. The summed E-state index contributed by atoms with van der Waals surface area (Å²) in [6.07, 6.45) is 4.22. The number of hydrogen-bond donors (Lipinski definition) is 2. The summed E-state index contributed by atoms with van der Waals surface area (Å²) in [5, 5.41) is 2.13. The highest BCUT2D eigenvalue weighted by Gasteiger charge is 2.14. The molecule has 1 aromatic carbocycles. The number of para-hydroxylation sites is 1. The van der Waals surface area contributed by atoms with Crippen LogP contribution in [0, 0.1) is 0 Å². The molecule has 0 amide bonds. The quantitative estimate of drug-likeness (QED) is 0.542. The third-order valence-corrected chi connectivity index (χ3v) is 4.39. The Hall–Kier alpha value is -1.36. The Morgan fingerprint density at radius 2 is 2.10 bits per heavy atom. The van der Waals surface area contributed by atoms with Crippen LogP contribution < -0.4 is 16.0 Å². The number of aryl methyl sites for hydroxylation is 1. The number of nitrogens with one attached hydrogen (secondary N) is 1. The van der Waals surface area contributed by atoms with E-state index in [1.54, 1.807) is 0 Å². The van der Waals surface area contributed by atoms with Crippen LogP contribution in [0.4, 0.5) is 0 Å². The van der Waals surface area contributed by atoms with Gasteiger partial charge in [-0.3, -0.25) is 11.3 Å². The lowest BCUT2D eigenvalue weighted by atomic mass is 10.0. The van der Waals surface area contributed by atoms with Crippen molar-refractivity contribution in [3.63, 3.8) is 0 Å². The van der Waals surface area contributed by atoms with Crippen molar-refractivity contribution in [2.45, 2.75) is 38.6 Å². The van der Waals surface area contributed by atoms with Gasteiger partial charge in [-0.15, -0.1) is 11.3 Å². The molecular formula is C17H24N2OS.